The Kier molecular flexibility index (Phi) is 3.18. The van der Waals surface area contributed by atoms with Gasteiger partial charge in [0.15, 0.2) is 0 Å². The summed E-state index contributed by atoms with van der Waals surface area (Å²) in [5, 5.41) is 0. The Morgan fingerprint density at radius 3 is 2.42 bits per heavy atom. The molecule has 0 bridgehead atoms. The van der Waals surface area contributed by atoms with Crippen molar-refractivity contribution in [3.05, 3.63) is 49.1 Å². The smallest absolute Gasteiger partial charge is 0.0991 e. The van der Waals surface area contributed by atoms with Crippen molar-refractivity contribution in [2.75, 3.05) is 0 Å². The van der Waals surface area contributed by atoms with Gasteiger partial charge in [0, 0.05) is 37.6 Å². The molecule has 0 saturated heterocycles. The molecule has 2 rings (SSSR count). The van der Waals surface area contributed by atoms with Crippen LogP contribution in [0.25, 0.3) is 5.69 Å². The van der Waals surface area contributed by atoms with Gasteiger partial charge in [0.2, 0.25) is 0 Å². The van der Waals surface area contributed by atoms with Gasteiger partial charge in [0.1, 0.15) is 0 Å². The first-order chi connectivity index (χ1) is 5.47. The maximum atomic E-state index is 3.96. The predicted octanol–water partition coefficient (Wildman–Crippen LogP) is 1.87. The van der Waals surface area contributed by atoms with E-state index in [1.165, 1.54) is 0 Å². The number of benzene rings is 1. The van der Waals surface area contributed by atoms with Crippen LogP contribution in [0.15, 0.2) is 49.1 Å². The van der Waals surface area contributed by atoms with Crippen LogP contribution in [-0.4, -0.2) is 9.55 Å². The van der Waals surface area contributed by atoms with E-state index in [4.69, 9.17) is 0 Å². The minimum absolute atomic E-state index is 0. The number of nitrogens with zero attached hydrogens (tertiary/aromatic N) is 2. The third-order valence-corrected chi connectivity index (χ3v) is 1.56. The Balaban J connectivity index is 0.000000720. The van der Waals surface area contributed by atoms with E-state index in [2.05, 4.69) is 4.98 Å². The first-order valence-corrected chi connectivity index (χ1v) is 3.50. The summed E-state index contributed by atoms with van der Waals surface area (Å²) in [6, 6.07) is 10.1. The minimum atomic E-state index is 0. The molecule has 0 aliphatic heterocycles. The van der Waals surface area contributed by atoms with Gasteiger partial charge in [0.05, 0.1) is 6.33 Å². The maximum absolute atomic E-state index is 3.96. The molecule has 0 atom stereocenters. The summed E-state index contributed by atoms with van der Waals surface area (Å²) in [6.07, 6.45) is 5.48. The Hall–Kier alpha value is -0.947. The second-order valence-corrected chi connectivity index (χ2v) is 2.31. The van der Waals surface area contributed by atoms with Crippen LogP contribution in [0.2, 0.25) is 0 Å². The Morgan fingerprint density at radius 1 is 1.08 bits per heavy atom. The van der Waals surface area contributed by atoms with Crippen LogP contribution < -0.4 is 0 Å². The van der Waals surface area contributed by atoms with Crippen molar-refractivity contribution in [3.63, 3.8) is 0 Å². The normalized spacial score (nSPS) is 9.00. The fraction of sp³-hybridized carbons (Fsp3) is 0. The fourth-order valence-electron chi connectivity index (χ4n) is 1.01. The average Bonchev–Trinajstić information content (AvgIpc) is 2.58. The number of para-hydroxylation sites is 1. The van der Waals surface area contributed by atoms with Crippen molar-refractivity contribution < 1.29 is 19.5 Å². The zero-order valence-electron chi connectivity index (χ0n) is 6.72. The van der Waals surface area contributed by atoms with E-state index in [1.54, 1.807) is 12.5 Å². The first-order valence-electron chi connectivity index (χ1n) is 3.50. The van der Waals surface area contributed by atoms with Gasteiger partial charge in [-0.2, -0.15) is 0 Å². The van der Waals surface area contributed by atoms with Crippen molar-refractivity contribution in [1.82, 2.24) is 9.55 Å². The van der Waals surface area contributed by atoms with Gasteiger partial charge in [-0.15, -0.1) is 0 Å². The molecule has 0 unspecified atom stereocenters. The molecule has 2 aromatic rings. The van der Waals surface area contributed by atoms with Gasteiger partial charge in [-0.1, -0.05) is 18.2 Å². The van der Waals surface area contributed by atoms with Crippen LogP contribution >= 0.6 is 0 Å². The number of aromatic nitrogens is 2. The molecule has 0 amide bonds. The molecule has 0 radical (unpaired) electrons. The molecule has 2 nitrogen and oxygen atoms in total. The molecule has 0 N–H and O–H groups in total. The summed E-state index contributed by atoms with van der Waals surface area (Å²) in [5.41, 5.74) is 1.14. The predicted molar refractivity (Wildman–Crippen MR) is 43.6 cm³/mol. The summed E-state index contributed by atoms with van der Waals surface area (Å²) in [6.45, 7) is 0. The molecule has 1 aromatic heterocycles. The van der Waals surface area contributed by atoms with Gasteiger partial charge in [-0.25, -0.2) is 4.98 Å². The summed E-state index contributed by atoms with van der Waals surface area (Å²) in [7, 11) is 0. The second-order valence-electron chi connectivity index (χ2n) is 2.31. The summed E-state index contributed by atoms with van der Waals surface area (Å²) in [4.78, 5) is 3.96. The van der Waals surface area contributed by atoms with E-state index in [1.807, 2.05) is 41.1 Å². The van der Waals surface area contributed by atoms with Gasteiger partial charge in [0.25, 0.3) is 0 Å². The van der Waals surface area contributed by atoms with E-state index in [9.17, 15) is 0 Å². The van der Waals surface area contributed by atoms with Crippen LogP contribution in [0.1, 0.15) is 0 Å². The zero-order chi connectivity index (χ0) is 7.52. The van der Waals surface area contributed by atoms with E-state index in [0.29, 0.717) is 0 Å². The average molecular weight is 210 g/mol. The molecular formula is C9H8N2Zn. The third-order valence-electron chi connectivity index (χ3n) is 1.56. The SMILES string of the molecule is [Zn].c1ccc(-n2ccnc2)cc1. The van der Waals surface area contributed by atoms with Crippen molar-refractivity contribution in [1.29, 1.82) is 0 Å². The van der Waals surface area contributed by atoms with Crippen molar-refractivity contribution in [3.8, 4) is 5.69 Å². The number of rotatable bonds is 1. The molecule has 56 valence electrons. The fourth-order valence-corrected chi connectivity index (χ4v) is 1.01. The number of imidazole rings is 1. The first kappa shape index (κ1) is 9.14. The van der Waals surface area contributed by atoms with E-state index >= 15 is 0 Å². The van der Waals surface area contributed by atoms with Crippen LogP contribution in [0, 0.1) is 0 Å². The van der Waals surface area contributed by atoms with Crippen LogP contribution in [0.3, 0.4) is 0 Å². The zero-order valence-corrected chi connectivity index (χ0v) is 9.69. The summed E-state index contributed by atoms with van der Waals surface area (Å²) >= 11 is 0. The molecule has 3 heteroatoms. The van der Waals surface area contributed by atoms with Gasteiger partial charge < -0.3 is 4.57 Å². The molecule has 12 heavy (non-hydrogen) atoms. The van der Waals surface area contributed by atoms with E-state index < -0.39 is 0 Å². The standard InChI is InChI=1S/C9H8N2.Zn/c1-2-4-9(5-3-1)11-7-6-10-8-11;/h1-8H;. The topological polar surface area (TPSA) is 17.8 Å². The number of hydrogen-bond acceptors (Lipinski definition) is 1. The summed E-state index contributed by atoms with van der Waals surface area (Å²) in [5.74, 6) is 0. The molecule has 0 fully saturated rings. The molecule has 1 heterocycles. The summed E-state index contributed by atoms with van der Waals surface area (Å²) < 4.78 is 1.97. The van der Waals surface area contributed by atoms with Crippen LogP contribution in [-0.2, 0) is 19.5 Å². The number of hydrogen-bond donors (Lipinski definition) is 0. The Labute approximate surface area is 84.0 Å². The maximum Gasteiger partial charge on any atom is 0.0991 e. The molecule has 0 aliphatic rings. The molecule has 1 aromatic carbocycles. The van der Waals surface area contributed by atoms with Gasteiger partial charge >= 0.3 is 0 Å². The van der Waals surface area contributed by atoms with Crippen LogP contribution in [0.4, 0.5) is 0 Å². The molecule has 0 aliphatic carbocycles. The van der Waals surface area contributed by atoms with Crippen LogP contribution in [0.5, 0.6) is 0 Å². The van der Waals surface area contributed by atoms with Gasteiger partial charge in [-0.05, 0) is 12.1 Å². The molecular weight excluding hydrogens is 202 g/mol. The molecule has 0 spiro atoms. The minimum Gasteiger partial charge on any atom is -0.306 e. The molecule has 0 saturated carbocycles. The largest absolute Gasteiger partial charge is 0.306 e. The van der Waals surface area contributed by atoms with Crippen molar-refractivity contribution >= 4 is 0 Å². The van der Waals surface area contributed by atoms with E-state index in [-0.39, 0.29) is 19.5 Å². The Morgan fingerprint density at radius 2 is 1.83 bits per heavy atom. The van der Waals surface area contributed by atoms with Gasteiger partial charge in [-0.3, -0.25) is 0 Å². The quantitative estimate of drug-likeness (QED) is 0.656. The van der Waals surface area contributed by atoms with Crippen molar-refractivity contribution in [2.45, 2.75) is 0 Å². The van der Waals surface area contributed by atoms with Crippen molar-refractivity contribution in [2.24, 2.45) is 0 Å². The second kappa shape index (κ2) is 4.17. The Bertz CT molecular complexity index is 316. The third kappa shape index (κ3) is 1.80. The monoisotopic (exact) mass is 208 g/mol. The van der Waals surface area contributed by atoms with E-state index in [0.717, 1.165) is 5.69 Å².